The highest BCUT2D eigenvalue weighted by Crippen LogP contribution is 2.75. The van der Waals surface area contributed by atoms with E-state index < -0.39 is 0 Å². The van der Waals surface area contributed by atoms with Crippen molar-refractivity contribution in [2.24, 2.45) is 11.3 Å². The van der Waals surface area contributed by atoms with Gasteiger partial charge in [0.05, 0.1) is 5.41 Å². The fourth-order valence-electron chi connectivity index (χ4n) is 2.29. The van der Waals surface area contributed by atoms with Gasteiger partial charge in [-0.3, -0.25) is 9.59 Å². The Hall–Kier alpha value is -1.84. The van der Waals surface area contributed by atoms with E-state index in [1.807, 2.05) is 18.2 Å². The summed E-state index contributed by atoms with van der Waals surface area (Å²) in [7, 11) is 0. The first-order valence-corrected chi connectivity index (χ1v) is 6.34. The molecule has 0 saturated heterocycles. The van der Waals surface area contributed by atoms with Crippen LogP contribution in [0.3, 0.4) is 0 Å². The van der Waals surface area contributed by atoms with Gasteiger partial charge in [-0.1, -0.05) is 18.2 Å². The number of rotatable bonds is 5. The van der Waals surface area contributed by atoms with E-state index in [-0.39, 0.29) is 17.2 Å². The van der Waals surface area contributed by atoms with Crippen molar-refractivity contribution in [3.63, 3.8) is 0 Å². The molecule has 0 unspecified atom stereocenters. The molecule has 18 heavy (non-hydrogen) atoms. The fourth-order valence-corrected chi connectivity index (χ4v) is 2.29. The molecule has 0 heterocycles. The van der Waals surface area contributed by atoms with E-state index in [1.165, 1.54) is 0 Å². The Kier molecular flexibility index (Phi) is 2.58. The second kappa shape index (κ2) is 4.12. The van der Waals surface area contributed by atoms with Gasteiger partial charge in [0.25, 0.3) is 5.91 Å². The van der Waals surface area contributed by atoms with Gasteiger partial charge in [0, 0.05) is 18.7 Å². The van der Waals surface area contributed by atoms with Crippen molar-refractivity contribution in [1.82, 2.24) is 10.6 Å². The molecule has 0 spiro atoms. The Balaban J connectivity index is 1.37. The standard InChI is InChI=1S/C14H16N2O2/c17-12(10-4-2-1-3-5-10)15-6-7-16-13(18)14-8-11(14)9-14/h1-5,11H,6-9H2,(H,15,17)(H,16,18). The minimum atomic E-state index is -0.0984. The summed E-state index contributed by atoms with van der Waals surface area (Å²) in [4.78, 5) is 23.3. The Labute approximate surface area is 106 Å². The van der Waals surface area contributed by atoms with E-state index in [0.29, 0.717) is 24.6 Å². The third-order valence-corrected chi connectivity index (χ3v) is 3.87. The van der Waals surface area contributed by atoms with Gasteiger partial charge < -0.3 is 10.6 Å². The molecule has 1 aromatic carbocycles. The van der Waals surface area contributed by atoms with Gasteiger partial charge >= 0.3 is 0 Å². The molecular weight excluding hydrogens is 228 g/mol. The smallest absolute Gasteiger partial charge is 0.251 e. The molecule has 2 fully saturated rings. The molecular formula is C14H16N2O2. The Bertz CT molecular complexity index is 478. The van der Waals surface area contributed by atoms with Crippen LogP contribution in [0.1, 0.15) is 23.2 Å². The molecule has 4 nitrogen and oxygen atoms in total. The summed E-state index contributed by atoms with van der Waals surface area (Å²) in [6, 6.07) is 9.07. The van der Waals surface area contributed by atoms with Crippen molar-refractivity contribution in [1.29, 1.82) is 0 Å². The van der Waals surface area contributed by atoms with Gasteiger partial charge in [-0.15, -0.1) is 0 Å². The van der Waals surface area contributed by atoms with Crippen molar-refractivity contribution < 1.29 is 9.59 Å². The SMILES string of the molecule is O=C(NCCNC(=O)C12CC1C2)c1ccccc1. The van der Waals surface area contributed by atoms with Gasteiger partial charge in [-0.2, -0.15) is 0 Å². The van der Waals surface area contributed by atoms with Crippen molar-refractivity contribution in [2.45, 2.75) is 12.8 Å². The van der Waals surface area contributed by atoms with E-state index in [9.17, 15) is 9.59 Å². The van der Waals surface area contributed by atoms with Gasteiger partial charge in [-0.05, 0) is 30.9 Å². The van der Waals surface area contributed by atoms with Crippen LogP contribution in [0.2, 0.25) is 0 Å². The lowest BCUT2D eigenvalue weighted by Crippen LogP contribution is -2.36. The first-order valence-electron chi connectivity index (χ1n) is 6.34. The predicted molar refractivity (Wildman–Crippen MR) is 66.9 cm³/mol. The van der Waals surface area contributed by atoms with Crippen LogP contribution in [-0.2, 0) is 4.79 Å². The lowest BCUT2D eigenvalue weighted by molar-refractivity contribution is -0.124. The number of fused-ring (bicyclic) bond motifs is 1. The van der Waals surface area contributed by atoms with Crippen LogP contribution < -0.4 is 10.6 Å². The zero-order chi connectivity index (χ0) is 12.6. The molecule has 2 aliphatic rings. The molecule has 1 aromatic rings. The lowest BCUT2D eigenvalue weighted by atomic mass is 10.2. The average molecular weight is 244 g/mol. The Morgan fingerprint density at radius 2 is 1.72 bits per heavy atom. The van der Waals surface area contributed by atoms with E-state index >= 15 is 0 Å². The molecule has 94 valence electrons. The second-order valence-corrected chi connectivity index (χ2v) is 5.14. The molecule has 0 atom stereocenters. The maximum Gasteiger partial charge on any atom is 0.251 e. The number of hydrogen-bond acceptors (Lipinski definition) is 2. The van der Waals surface area contributed by atoms with Crippen molar-refractivity contribution in [3.8, 4) is 0 Å². The van der Waals surface area contributed by atoms with Crippen LogP contribution in [-0.4, -0.2) is 24.9 Å². The molecule has 2 N–H and O–H groups in total. The highest BCUT2D eigenvalue weighted by molar-refractivity contribution is 5.94. The summed E-state index contributed by atoms with van der Waals surface area (Å²) in [5.74, 6) is 0.733. The fraction of sp³-hybridized carbons (Fsp3) is 0.429. The molecule has 2 amide bonds. The molecule has 0 aromatic heterocycles. The highest BCUT2D eigenvalue weighted by atomic mass is 16.2. The quantitative estimate of drug-likeness (QED) is 0.757. The molecule has 0 bridgehead atoms. The molecule has 2 aliphatic carbocycles. The van der Waals surface area contributed by atoms with Crippen LogP contribution in [0.25, 0.3) is 0 Å². The largest absolute Gasteiger partial charge is 0.354 e. The summed E-state index contributed by atoms with van der Waals surface area (Å²) in [5.41, 5.74) is 0.663. The molecule has 4 heteroatoms. The molecule has 3 rings (SSSR count). The van der Waals surface area contributed by atoms with Crippen molar-refractivity contribution in [2.75, 3.05) is 13.1 Å². The van der Waals surface area contributed by atoms with Gasteiger partial charge in [-0.25, -0.2) is 0 Å². The van der Waals surface area contributed by atoms with E-state index in [1.54, 1.807) is 12.1 Å². The number of benzene rings is 1. The van der Waals surface area contributed by atoms with Crippen LogP contribution >= 0.6 is 0 Å². The summed E-state index contributed by atoms with van der Waals surface area (Å²) < 4.78 is 0. The third-order valence-electron chi connectivity index (χ3n) is 3.87. The van der Waals surface area contributed by atoms with Gasteiger partial charge in [0.2, 0.25) is 5.91 Å². The highest BCUT2D eigenvalue weighted by Gasteiger charge is 2.74. The monoisotopic (exact) mass is 244 g/mol. The minimum absolute atomic E-state index is 0.0173. The Morgan fingerprint density at radius 3 is 2.33 bits per heavy atom. The second-order valence-electron chi connectivity index (χ2n) is 5.14. The maximum absolute atomic E-state index is 11.7. The third kappa shape index (κ3) is 1.98. The first-order chi connectivity index (χ1) is 8.72. The summed E-state index contributed by atoms with van der Waals surface area (Å²) in [6.45, 7) is 0.978. The van der Waals surface area contributed by atoms with Crippen LogP contribution in [0.5, 0.6) is 0 Å². The number of nitrogens with one attached hydrogen (secondary N) is 2. The lowest BCUT2D eigenvalue weighted by Gasteiger charge is -2.08. The maximum atomic E-state index is 11.7. The first kappa shape index (κ1) is 11.3. The number of amides is 2. The molecule has 0 radical (unpaired) electrons. The number of hydrogen-bond donors (Lipinski definition) is 2. The van der Waals surface area contributed by atoms with Crippen LogP contribution in [0.15, 0.2) is 30.3 Å². The van der Waals surface area contributed by atoms with Gasteiger partial charge in [0.15, 0.2) is 0 Å². The van der Waals surface area contributed by atoms with Crippen molar-refractivity contribution in [3.05, 3.63) is 35.9 Å². The van der Waals surface area contributed by atoms with Crippen molar-refractivity contribution >= 4 is 11.8 Å². The minimum Gasteiger partial charge on any atom is -0.354 e. The van der Waals surface area contributed by atoms with Gasteiger partial charge in [0.1, 0.15) is 0 Å². The molecule has 2 saturated carbocycles. The average Bonchev–Trinajstić information content (AvgIpc) is 3.24. The normalized spacial score (nSPS) is 27.0. The topological polar surface area (TPSA) is 58.2 Å². The van der Waals surface area contributed by atoms with Crippen LogP contribution in [0.4, 0.5) is 0 Å². The molecule has 0 aliphatic heterocycles. The predicted octanol–water partition coefficient (Wildman–Crippen LogP) is 0.943. The van der Waals surface area contributed by atoms with Crippen LogP contribution in [0, 0.1) is 11.3 Å². The van der Waals surface area contributed by atoms with E-state index in [2.05, 4.69) is 10.6 Å². The zero-order valence-corrected chi connectivity index (χ0v) is 10.1. The summed E-state index contributed by atoms with van der Waals surface area (Å²) >= 11 is 0. The van der Waals surface area contributed by atoms with E-state index in [0.717, 1.165) is 12.8 Å². The number of carbonyl (C=O) groups excluding carboxylic acids is 2. The van der Waals surface area contributed by atoms with E-state index in [4.69, 9.17) is 0 Å². The number of carbonyl (C=O) groups is 2. The Morgan fingerprint density at radius 1 is 1.11 bits per heavy atom. The zero-order valence-electron chi connectivity index (χ0n) is 10.1. The summed E-state index contributed by atoms with van der Waals surface area (Å²) in [5, 5.41) is 5.67. The summed E-state index contributed by atoms with van der Waals surface area (Å²) in [6.07, 6.45) is 2.13.